The summed E-state index contributed by atoms with van der Waals surface area (Å²) in [7, 11) is 0. The van der Waals surface area contributed by atoms with Crippen LogP contribution in [0.25, 0.3) is 0 Å². The van der Waals surface area contributed by atoms with Crippen molar-refractivity contribution in [2.24, 2.45) is 11.5 Å². The largest absolute Gasteiger partial charge is 0.319 e. The van der Waals surface area contributed by atoms with Gasteiger partial charge in [0.25, 0.3) is 0 Å². The van der Waals surface area contributed by atoms with Gasteiger partial charge in [-0.3, -0.25) is 0 Å². The Morgan fingerprint density at radius 2 is 1.76 bits per heavy atom. The zero-order valence-corrected chi connectivity index (χ0v) is 10.2. The summed E-state index contributed by atoms with van der Waals surface area (Å²) in [5.74, 6) is 0.670. The number of hydrogen-bond acceptors (Lipinski definition) is 4. The van der Waals surface area contributed by atoms with Gasteiger partial charge in [-0.05, 0) is 30.4 Å². The first-order valence-electron chi connectivity index (χ1n) is 6.39. The minimum absolute atomic E-state index is 0.547. The Labute approximate surface area is 103 Å². The molecule has 6 N–H and O–H groups in total. The van der Waals surface area contributed by atoms with Gasteiger partial charge in [0.05, 0.1) is 5.69 Å². The predicted molar refractivity (Wildman–Crippen MR) is 71.2 cm³/mol. The van der Waals surface area contributed by atoms with Crippen LogP contribution in [0.3, 0.4) is 0 Å². The molecule has 0 spiro atoms. The van der Waals surface area contributed by atoms with E-state index in [0.29, 0.717) is 5.92 Å². The van der Waals surface area contributed by atoms with E-state index in [1.807, 2.05) is 6.07 Å². The summed E-state index contributed by atoms with van der Waals surface area (Å²) in [5.41, 5.74) is 19.4. The lowest BCUT2D eigenvalue weighted by atomic mass is 9.83. The van der Waals surface area contributed by atoms with E-state index in [9.17, 15) is 0 Å². The molecule has 2 rings (SSSR count). The van der Waals surface area contributed by atoms with Crippen LogP contribution in [0.1, 0.15) is 43.6 Å². The number of anilines is 1. The summed E-state index contributed by atoms with van der Waals surface area (Å²) in [4.78, 5) is 0. The number of hydrazine groups is 1. The van der Waals surface area contributed by atoms with Crippen molar-refractivity contribution in [1.82, 2.24) is 5.43 Å². The first-order valence-corrected chi connectivity index (χ1v) is 6.39. The molecular formula is C13H22N4. The molecule has 0 unspecified atom stereocenters. The molecule has 1 aliphatic carbocycles. The topological polar surface area (TPSA) is 76.1 Å². The summed E-state index contributed by atoms with van der Waals surface area (Å²) in [6.07, 6.45) is 6.07. The lowest BCUT2D eigenvalue weighted by molar-refractivity contribution is 0.443. The summed E-state index contributed by atoms with van der Waals surface area (Å²) in [6.45, 7) is 0. The minimum Gasteiger partial charge on any atom is -0.319 e. The van der Waals surface area contributed by atoms with E-state index in [1.54, 1.807) is 0 Å². The molecule has 0 aliphatic heterocycles. The second-order valence-electron chi connectivity index (χ2n) is 4.72. The summed E-state index contributed by atoms with van der Waals surface area (Å²) >= 11 is 0. The number of hydrogen-bond donors (Lipinski definition) is 4. The SMILES string of the molecule is NC(N)NNc1ccccc1C1CCCCC1. The van der Waals surface area contributed by atoms with E-state index in [1.165, 1.54) is 37.7 Å². The quantitative estimate of drug-likeness (QED) is 0.474. The predicted octanol–water partition coefficient (Wildman–Crippen LogP) is 1.85. The Hall–Kier alpha value is -1.10. The first-order chi connectivity index (χ1) is 8.27. The molecule has 0 radical (unpaired) electrons. The van der Waals surface area contributed by atoms with Crippen molar-refractivity contribution in [2.75, 3.05) is 5.43 Å². The Morgan fingerprint density at radius 3 is 2.47 bits per heavy atom. The van der Waals surface area contributed by atoms with Crippen molar-refractivity contribution in [2.45, 2.75) is 44.3 Å². The molecule has 17 heavy (non-hydrogen) atoms. The van der Waals surface area contributed by atoms with Crippen LogP contribution in [-0.2, 0) is 0 Å². The highest BCUT2D eigenvalue weighted by Crippen LogP contribution is 2.35. The van der Waals surface area contributed by atoms with Crippen molar-refractivity contribution in [3.05, 3.63) is 29.8 Å². The monoisotopic (exact) mass is 234 g/mol. The van der Waals surface area contributed by atoms with Crippen LogP contribution in [0.5, 0.6) is 0 Å². The lowest BCUT2D eigenvalue weighted by Crippen LogP contribution is -2.48. The van der Waals surface area contributed by atoms with E-state index >= 15 is 0 Å². The highest BCUT2D eigenvalue weighted by Gasteiger charge is 2.17. The van der Waals surface area contributed by atoms with Crippen LogP contribution >= 0.6 is 0 Å². The Morgan fingerprint density at radius 1 is 1.06 bits per heavy atom. The van der Waals surface area contributed by atoms with Gasteiger partial charge in [0, 0.05) is 0 Å². The molecule has 4 heteroatoms. The standard InChI is InChI=1S/C13H22N4/c14-13(15)17-16-12-9-5-4-8-11(12)10-6-2-1-3-7-10/h4-5,8-10,13,16-17H,1-3,6-7,14-15H2. The normalized spacial score (nSPS) is 17.4. The van der Waals surface area contributed by atoms with E-state index in [4.69, 9.17) is 11.5 Å². The molecule has 0 amide bonds. The average Bonchev–Trinajstić information content (AvgIpc) is 2.38. The van der Waals surface area contributed by atoms with E-state index in [2.05, 4.69) is 29.1 Å². The Bertz CT molecular complexity index is 345. The van der Waals surface area contributed by atoms with Crippen molar-refractivity contribution in [3.8, 4) is 0 Å². The number of rotatable bonds is 4. The van der Waals surface area contributed by atoms with E-state index < -0.39 is 6.29 Å². The molecule has 0 aromatic heterocycles. The molecule has 4 nitrogen and oxygen atoms in total. The smallest absolute Gasteiger partial charge is 0.123 e. The van der Waals surface area contributed by atoms with Gasteiger partial charge in [-0.15, -0.1) is 0 Å². The molecule has 0 heterocycles. The van der Waals surface area contributed by atoms with Gasteiger partial charge >= 0.3 is 0 Å². The fourth-order valence-electron chi connectivity index (χ4n) is 2.54. The van der Waals surface area contributed by atoms with Crippen LogP contribution in [-0.4, -0.2) is 6.29 Å². The summed E-state index contributed by atoms with van der Waals surface area (Å²) in [5, 5.41) is 0. The van der Waals surface area contributed by atoms with Gasteiger partial charge in [-0.2, -0.15) is 0 Å². The van der Waals surface area contributed by atoms with Crippen LogP contribution in [0.2, 0.25) is 0 Å². The van der Waals surface area contributed by atoms with Gasteiger partial charge in [0.1, 0.15) is 6.29 Å². The van der Waals surface area contributed by atoms with Gasteiger partial charge in [0.15, 0.2) is 0 Å². The maximum atomic E-state index is 5.47. The summed E-state index contributed by atoms with van der Waals surface area (Å²) < 4.78 is 0. The van der Waals surface area contributed by atoms with Gasteiger partial charge in [0.2, 0.25) is 0 Å². The molecular weight excluding hydrogens is 212 g/mol. The van der Waals surface area contributed by atoms with Gasteiger partial charge < -0.3 is 16.9 Å². The molecule has 1 aliphatic rings. The molecule has 0 bridgehead atoms. The van der Waals surface area contributed by atoms with Crippen LogP contribution in [0, 0.1) is 0 Å². The molecule has 1 aromatic rings. The second-order valence-corrected chi connectivity index (χ2v) is 4.72. The van der Waals surface area contributed by atoms with E-state index in [-0.39, 0.29) is 0 Å². The first kappa shape index (κ1) is 12.4. The van der Waals surface area contributed by atoms with Crippen LogP contribution < -0.4 is 22.3 Å². The van der Waals surface area contributed by atoms with Crippen molar-refractivity contribution in [1.29, 1.82) is 0 Å². The molecule has 0 saturated heterocycles. The van der Waals surface area contributed by atoms with Gasteiger partial charge in [-0.1, -0.05) is 37.5 Å². The molecule has 0 atom stereocenters. The molecule has 1 aromatic carbocycles. The number of nitrogens with two attached hydrogens (primary N) is 2. The van der Waals surface area contributed by atoms with Crippen molar-refractivity contribution >= 4 is 5.69 Å². The maximum absolute atomic E-state index is 5.47. The van der Waals surface area contributed by atoms with Crippen LogP contribution in [0.4, 0.5) is 5.69 Å². The van der Waals surface area contributed by atoms with E-state index in [0.717, 1.165) is 5.69 Å². The highest BCUT2D eigenvalue weighted by atomic mass is 15.4. The van der Waals surface area contributed by atoms with Gasteiger partial charge in [-0.25, -0.2) is 5.43 Å². The molecule has 1 fully saturated rings. The number of nitrogens with one attached hydrogen (secondary N) is 2. The summed E-state index contributed by atoms with van der Waals surface area (Å²) in [6, 6.07) is 8.39. The number of benzene rings is 1. The highest BCUT2D eigenvalue weighted by molar-refractivity contribution is 5.52. The Kier molecular flexibility index (Phi) is 4.36. The Balaban J connectivity index is 2.09. The average molecular weight is 234 g/mol. The zero-order valence-electron chi connectivity index (χ0n) is 10.2. The molecule has 1 saturated carbocycles. The zero-order chi connectivity index (χ0) is 12.1. The third-order valence-electron chi connectivity index (χ3n) is 3.38. The van der Waals surface area contributed by atoms with Crippen molar-refractivity contribution < 1.29 is 0 Å². The fourth-order valence-corrected chi connectivity index (χ4v) is 2.54. The molecule has 94 valence electrons. The maximum Gasteiger partial charge on any atom is 0.123 e. The van der Waals surface area contributed by atoms with Crippen LogP contribution in [0.15, 0.2) is 24.3 Å². The van der Waals surface area contributed by atoms with Crippen molar-refractivity contribution in [3.63, 3.8) is 0 Å². The lowest BCUT2D eigenvalue weighted by Gasteiger charge is -2.25. The third kappa shape index (κ3) is 3.43. The third-order valence-corrected chi connectivity index (χ3v) is 3.38. The minimum atomic E-state index is -0.547. The number of para-hydroxylation sites is 1. The second kappa shape index (κ2) is 6.00. The fraction of sp³-hybridized carbons (Fsp3) is 0.538.